The van der Waals surface area contributed by atoms with Crippen LogP contribution < -0.4 is 9.47 Å². The van der Waals surface area contributed by atoms with Gasteiger partial charge in [-0.1, -0.05) is 36.1 Å². The lowest BCUT2D eigenvalue weighted by molar-refractivity contribution is -0.114. The molecule has 2 saturated carbocycles. The molecule has 0 atom stereocenters. The van der Waals surface area contributed by atoms with Crippen molar-refractivity contribution in [3.8, 4) is 23.3 Å². The van der Waals surface area contributed by atoms with Gasteiger partial charge in [-0.25, -0.2) is 0 Å². The van der Waals surface area contributed by atoms with Gasteiger partial charge in [-0.2, -0.15) is 0 Å². The smallest absolute Gasteiger partial charge is 0.161 e. The van der Waals surface area contributed by atoms with E-state index in [0.717, 1.165) is 54.6 Å². The van der Waals surface area contributed by atoms with E-state index in [0.29, 0.717) is 0 Å². The van der Waals surface area contributed by atoms with Gasteiger partial charge in [0.1, 0.15) is 6.29 Å². The van der Waals surface area contributed by atoms with E-state index >= 15 is 0 Å². The maximum atomic E-state index is 11.3. The van der Waals surface area contributed by atoms with Gasteiger partial charge < -0.3 is 14.3 Å². The predicted molar refractivity (Wildman–Crippen MR) is 110 cm³/mol. The van der Waals surface area contributed by atoms with Crippen LogP contribution in [-0.4, -0.2) is 19.5 Å². The van der Waals surface area contributed by atoms with Gasteiger partial charge in [0.05, 0.1) is 18.6 Å². The van der Waals surface area contributed by atoms with Gasteiger partial charge in [-0.15, -0.1) is 0 Å². The summed E-state index contributed by atoms with van der Waals surface area (Å²) < 4.78 is 11.8. The Kier molecular flexibility index (Phi) is 5.39. The zero-order valence-corrected chi connectivity index (χ0v) is 16.3. The Hall–Kier alpha value is -2.73. The second-order valence-electron chi connectivity index (χ2n) is 7.89. The lowest BCUT2D eigenvalue weighted by Crippen LogP contribution is -2.40. The van der Waals surface area contributed by atoms with Crippen molar-refractivity contribution >= 4 is 6.29 Å². The fourth-order valence-electron chi connectivity index (χ4n) is 4.31. The third-order valence-electron chi connectivity index (χ3n) is 5.95. The molecule has 0 bridgehead atoms. The van der Waals surface area contributed by atoms with E-state index in [2.05, 4.69) is 24.0 Å². The summed E-state index contributed by atoms with van der Waals surface area (Å²) in [6.07, 6.45) is 7.47. The molecular formula is C25H26O3. The van der Waals surface area contributed by atoms with Crippen LogP contribution in [0.5, 0.6) is 11.5 Å². The molecule has 28 heavy (non-hydrogen) atoms. The van der Waals surface area contributed by atoms with Gasteiger partial charge in [-0.3, -0.25) is 0 Å². The number of rotatable bonds is 5. The number of hydrogen-bond acceptors (Lipinski definition) is 3. The van der Waals surface area contributed by atoms with E-state index < -0.39 is 0 Å². The molecule has 2 aromatic carbocycles. The number of ether oxygens (including phenoxy) is 2. The molecule has 2 aliphatic rings. The first-order valence-corrected chi connectivity index (χ1v) is 10.1. The molecule has 3 heteroatoms. The second-order valence-corrected chi connectivity index (χ2v) is 7.89. The molecule has 3 nitrogen and oxygen atoms in total. The zero-order valence-electron chi connectivity index (χ0n) is 16.3. The zero-order chi connectivity index (χ0) is 19.4. The molecule has 2 aromatic rings. The summed E-state index contributed by atoms with van der Waals surface area (Å²) in [7, 11) is 1.67. The fourth-order valence-corrected chi connectivity index (χ4v) is 4.31. The average molecular weight is 374 g/mol. The Bertz CT molecular complexity index is 879. The number of benzene rings is 2. The van der Waals surface area contributed by atoms with Crippen LogP contribution in [0.2, 0.25) is 0 Å². The summed E-state index contributed by atoms with van der Waals surface area (Å²) in [4.78, 5) is 11.3. The highest BCUT2D eigenvalue weighted by Gasteiger charge is 2.44. The average Bonchev–Trinajstić information content (AvgIpc) is 3.21. The van der Waals surface area contributed by atoms with Crippen molar-refractivity contribution in [2.75, 3.05) is 7.11 Å². The van der Waals surface area contributed by atoms with Gasteiger partial charge in [0.2, 0.25) is 0 Å². The van der Waals surface area contributed by atoms with Crippen LogP contribution >= 0.6 is 0 Å². The quantitative estimate of drug-likeness (QED) is 0.551. The minimum Gasteiger partial charge on any atom is -0.493 e. The lowest BCUT2D eigenvalue weighted by Gasteiger charge is -2.42. The predicted octanol–water partition coefficient (Wildman–Crippen LogP) is 4.92. The molecule has 2 fully saturated rings. The first kappa shape index (κ1) is 18.6. The van der Waals surface area contributed by atoms with Crippen molar-refractivity contribution < 1.29 is 14.3 Å². The van der Waals surface area contributed by atoms with E-state index in [1.165, 1.54) is 12.8 Å². The van der Waals surface area contributed by atoms with E-state index in [1.54, 1.807) is 7.11 Å². The molecule has 0 unspecified atom stereocenters. The topological polar surface area (TPSA) is 35.5 Å². The first-order valence-electron chi connectivity index (χ1n) is 10.1. The normalized spacial score (nSPS) is 24.0. The monoisotopic (exact) mass is 374 g/mol. The van der Waals surface area contributed by atoms with Gasteiger partial charge in [0, 0.05) is 11.5 Å². The molecule has 0 N–H and O–H groups in total. The summed E-state index contributed by atoms with van der Waals surface area (Å²) in [6, 6.07) is 16.1. The molecular weight excluding hydrogens is 348 g/mol. The maximum absolute atomic E-state index is 11.3. The Morgan fingerprint density at radius 2 is 1.79 bits per heavy atom. The Morgan fingerprint density at radius 3 is 2.46 bits per heavy atom. The van der Waals surface area contributed by atoms with Crippen LogP contribution in [0.15, 0.2) is 48.5 Å². The highest BCUT2D eigenvalue weighted by molar-refractivity contribution is 5.61. The number of hydrogen-bond donors (Lipinski definition) is 0. The Labute approximate surface area is 167 Å². The summed E-state index contributed by atoms with van der Waals surface area (Å²) in [5, 5.41) is 0. The van der Waals surface area contributed by atoms with Crippen molar-refractivity contribution in [2.24, 2.45) is 5.92 Å². The third kappa shape index (κ3) is 3.78. The van der Waals surface area contributed by atoms with Gasteiger partial charge in [0.25, 0.3) is 0 Å². The van der Waals surface area contributed by atoms with E-state index in [1.807, 2.05) is 36.4 Å². The standard InChI is InChI=1S/C25H26O3/c1-27-23-12-11-21(15-24(23)28-22-9-5-6-10-22)25(16-20(17-25)18-26)14-13-19-7-3-2-4-8-19/h2-4,7-8,11-12,15,18,20,22H,5-6,9-10,16-17H2,1H3. The molecule has 0 spiro atoms. The van der Waals surface area contributed by atoms with Gasteiger partial charge >= 0.3 is 0 Å². The van der Waals surface area contributed by atoms with Crippen LogP contribution in [0.3, 0.4) is 0 Å². The van der Waals surface area contributed by atoms with Crippen LogP contribution in [0.25, 0.3) is 0 Å². The van der Waals surface area contributed by atoms with Crippen molar-refractivity contribution in [3.05, 3.63) is 59.7 Å². The highest BCUT2D eigenvalue weighted by atomic mass is 16.5. The number of carbonyl (C=O) groups excluding carboxylic acids is 1. The third-order valence-corrected chi connectivity index (χ3v) is 5.95. The molecule has 4 rings (SSSR count). The Morgan fingerprint density at radius 1 is 1.04 bits per heavy atom. The van der Waals surface area contributed by atoms with E-state index in [9.17, 15) is 4.79 Å². The van der Waals surface area contributed by atoms with Crippen molar-refractivity contribution in [2.45, 2.75) is 50.0 Å². The molecule has 0 radical (unpaired) electrons. The number of methoxy groups -OCH3 is 1. The van der Waals surface area contributed by atoms with Crippen LogP contribution in [0, 0.1) is 17.8 Å². The molecule has 0 aromatic heterocycles. The molecule has 0 aliphatic heterocycles. The van der Waals surface area contributed by atoms with Crippen LogP contribution in [0.4, 0.5) is 0 Å². The molecule has 0 heterocycles. The summed E-state index contributed by atoms with van der Waals surface area (Å²) in [5.41, 5.74) is 1.80. The summed E-state index contributed by atoms with van der Waals surface area (Å²) in [6.45, 7) is 0. The van der Waals surface area contributed by atoms with Crippen LogP contribution in [0.1, 0.15) is 49.7 Å². The Balaban J connectivity index is 1.66. The molecule has 0 amide bonds. The van der Waals surface area contributed by atoms with Crippen molar-refractivity contribution in [3.63, 3.8) is 0 Å². The lowest BCUT2D eigenvalue weighted by atomic mass is 9.59. The minimum atomic E-state index is -0.304. The number of carbonyl (C=O) groups is 1. The molecule has 2 aliphatic carbocycles. The van der Waals surface area contributed by atoms with E-state index in [4.69, 9.17) is 9.47 Å². The highest BCUT2D eigenvalue weighted by Crippen LogP contribution is 2.48. The minimum absolute atomic E-state index is 0.0753. The number of aldehydes is 1. The van der Waals surface area contributed by atoms with Crippen molar-refractivity contribution in [1.82, 2.24) is 0 Å². The van der Waals surface area contributed by atoms with E-state index in [-0.39, 0.29) is 17.4 Å². The summed E-state index contributed by atoms with van der Waals surface area (Å²) in [5.74, 6) is 8.42. The molecule has 0 saturated heterocycles. The van der Waals surface area contributed by atoms with Crippen LogP contribution in [-0.2, 0) is 10.2 Å². The fraction of sp³-hybridized carbons (Fsp3) is 0.400. The summed E-state index contributed by atoms with van der Waals surface area (Å²) >= 11 is 0. The largest absolute Gasteiger partial charge is 0.493 e. The first-order chi connectivity index (χ1) is 13.7. The SMILES string of the molecule is COc1ccc(C2(C#Cc3ccccc3)CC(C=O)C2)cc1OC1CCCC1. The van der Waals surface area contributed by atoms with Gasteiger partial charge in [0.15, 0.2) is 11.5 Å². The van der Waals surface area contributed by atoms with Crippen molar-refractivity contribution in [1.29, 1.82) is 0 Å². The van der Waals surface area contributed by atoms with Gasteiger partial charge in [-0.05, 0) is 68.4 Å². The maximum Gasteiger partial charge on any atom is 0.161 e. The second kappa shape index (κ2) is 8.10. The molecule has 144 valence electrons.